The summed E-state index contributed by atoms with van der Waals surface area (Å²) in [5.41, 5.74) is 0. The quantitative estimate of drug-likeness (QED) is 0.532. The van der Waals surface area contributed by atoms with Gasteiger partial charge in [0.15, 0.2) is 0 Å². The van der Waals surface area contributed by atoms with Crippen molar-refractivity contribution in [1.29, 1.82) is 0 Å². The lowest BCUT2D eigenvalue weighted by atomic mass is 10.4. The van der Waals surface area contributed by atoms with Crippen LogP contribution >= 0.6 is 12.4 Å². The number of halogens is 1. The van der Waals surface area contributed by atoms with Gasteiger partial charge in [-0.2, -0.15) is 0 Å². The Kier molecular flexibility index (Phi) is 9.09. The number of rotatable bonds is 0. The minimum absolute atomic E-state index is 0. The second-order valence-corrected chi connectivity index (χ2v) is 1.32. The van der Waals surface area contributed by atoms with Gasteiger partial charge in [-0.3, -0.25) is 0 Å². The SMILES string of the molecule is C1CCOC1.Cl.N. The topological polar surface area (TPSA) is 44.2 Å². The third-order valence-corrected chi connectivity index (χ3v) is 0.827. The van der Waals surface area contributed by atoms with E-state index in [-0.39, 0.29) is 18.6 Å². The maximum Gasteiger partial charge on any atom is 0.0466 e. The molecule has 0 aliphatic carbocycles. The lowest BCUT2D eigenvalue weighted by Crippen LogP contribution is -1.74. The maximum atomic E-state index is 4.94. The van der Waals surface area contributed by atoms with Crippen molar-refractivity contribution in [2.75, 3.05) is 13.2 Å². The van der Waals surface area contributed by atoms with E-state index in [4.69, 9.17) is 4.74 Å². The fourth-order valence-electron chi connectivity index (χ4n) is 0.510. The molecule has 1 fully saturated rings. The van der Waals surface area contributed by atoms with Gasteiger partial charge in [-0.25, -0.2) is 0 Å². The maximum absolute atomic E-state index is 4.94. The van der Waals surface area contributed by atoms with Crippen molar-refractivity contribution in [3.05, 3.63) is 0 Å². The fourth-order valence-corrected chi connectivity index (χ4v) is 0.510. The van der Waals surface area contributed by atoms with Gasteiger partial charge in [-0.15, -0.1) is 12.4 Å². The summed E-state index contributed by atoms with van der Waals surface area (Å²) in [4.78, 5) is 0. The summed E-state index contributed by atoms with van der Waals surface area (Å²) >= 11 is 0. The Morgan fingerprint density at radius 3 is 1.57 bits per heavy atom. The molecule has 0 amide bonds. The van der Waals surface area contributed by atoms with E-state index in [0.29, 0.717) is 0 Å². The Balaban J connectivity index is 0. The molecule has 2 nitrogen and oxygen atoms in total. The predicted molar refractivity (Wildman–Crippen MR) is 32.3 cm³/mol. The highest BCUT2D eigenvalue weighted by atomic mass is 35.5. The van der Waals surface area contributed by atoms with Crippen LogP contribution in [-0.2, 0) is 4.74 Å². The van der Waals surface area contributed by atoms with E-state index in [1.54, 1.807) is 0 Å². The van der Waals surface area contributed by atoms with Crippen molar-refractivity contribution >= 4 is 12.4 Å². The third-order valence-electron chi connectivity index (χ3n) is 0.827. The molecule has 7 heavy (non-hydrogen) atoms. The molecule has 0 bridgehead atoms. The molecule has 1 heterocycles. The normalized spacial score (nSPS) is 17.1. The lowest BCUT2D eigenvalue weighted by Gasteiger charge is -1.76. The summed E-state index contributed by atoms with van der Waals surface area (Å²) in [6.07, 6.45) is 2.56. The van der Waals surface area contributed by atoms with Crippen molar-refractivity contribution in [3.63, 3.8) is 0 Å². The highest BCUT2D eigenvalue weighted by molar-refractivity contribution is 5.85. The van der Waals surface area contributed by atoms with Crippen LogP contribution < -0.4 is 6.15 Å². The van der Waals surface area contributed by atoms with Crippen LogP contribution in [0.5, 0.6) is 0 Å². The zero-order chi connectivity index (χ0) is 3.54. The van der Waals surface area contributed by atoms with Gasteiger partial charge in [0.1, 0.15) is 0 Å². The molecule has 0 aromatic rings. The molecule has 3 N–H and O–H groups in total. The molecule has 1 saturated heterocycles. The van der Waals surface area contributed by atoms with Gasteiger partial charge < -0.3 is 10.9 Å². The van der Waals surface area contributed by atoms with Crippen LogP contribution in [0.3, 0.4) is 0 Å². The Morgan fingerprint density at radius 2 is 1.43 bits per heavy atom. The molecule has 0 unspecified atom stereocenters. The molecule has 46 valence electrons. The highest BCUT2D eigenvalue weighted by Gasteiger charge is 1.94. The molecule has 3 heteroatoms. The monoisotopic (exact) mass is 125 g/mol. The Morgan fingerprint density at radius 1 is 1.00 bits per heavy atom. The summed E-state index contributed by atoms with van der Waals surface area (Å²) in [6, 6.07) is 0. The Bertz CT molecular complexity index is 23.3. The van der Waals surface area contributed by atoms with Gasteiger partial charge in [-0.05, 0) is 12.8 Å². The van der Waals surface area contributed by atoms with Crippen molar-refractivity contribution < 1.29 is 4.74 Å². The minimum atomic E-state index is 0. The molecule has 0 aromatic heterocycles. The molecule has 0 radical (unpaired) electrons. The zero-order valence-corrected chi connectivity index (χ0v) is 5.17. The second-order valence-electron chi connectivity index (χ2n) is 1.32. The summed E-state index contributed by atoms with van der Waals surface area (Å²) in [7, 11) is 0. The molecule has 0 atom stereocenters. The largest absolute Gasteiger partial charge is 0.381 e. The van der Waals surface area contributed by atoms with Crippen LogP contribution in [0.2, 0.25) is 0 Å². The summed E-state index contributed by atoms with van der Waals surface area (Å²) in [5.74, 6) is 0. The minimum Gasteiger partial charge on any atom is -0.381 e. The molecule has 1 aliphatic rings. The Labute approximate surface area is 50.2 Å². The van der Waals surface area contributed by atoms with Gasteiger partial charge in [-0.1, -0.05) is 0 Å². The first kappa shape index (κ1) is 10.2. The summed E-state index contributed by atoms with van der Waals surface area (Å²) in [5, 5.41) is 0. The average molecular weight is 126 g/mol. The third kappa shape index (κ3) is 4.05. The van der Waals surface area contributed by atoms with Crippen LogP contribution in [-0.4, -0.2) is 13.2 Å². The van der Waals surface area contributed by atoms with Crippen molar-refractivity contribution in [2.24, 2.45) is 0 Å². The van der Waals surface area contributed by atoms with Crippen molar-refractivity contribution in [2.45, 2.75) is 12.8 Å². The van der Waals surface area contributed by atoms with Crippen molar-refractivity contribution in [1.82, 2.24) is 6.15 Å². The first-order chi connectivity index (χ1) is 2.50. The summed E-state index contributed by atoms with van der Waals surface area (Å²) < 4.78 is 4.94. The van der Waals surface area contributed by atoms with E-state index < -0.39 is 0 Å². The number of hydrogen-bond acceptors (Lipinski definition) is 2. The number of ether oxygens (including phenoxy) is 1. The van der Waals surface area contributed by atoms with Crippen LogP contribution in [0.4, 0.5) is 0 Å². The van der Waals surface area contributed by atoms with Gasteiger partial charge in [0.2, 0.25) is 0 Å². The number of hydrogen-bond donors (Lipinski definition) is 1. The lowest BCUT2D eigenvalue weighted by molar-refractivity contribution is 0.198. The predicted octanol–water partition coefficient (Wildman–Crippen LogP) is 1.38. The molecule has 0 spiro atoms. The molecule has 1 rings (SSSR count). The Hall–Kier alpha value is 0.210. The standard InChI is InChI=1S/C4H8O.ClH.H3N/c1-2-4-5-3-1;;/h1-4H2;1H;1H3. The van der Waals surface area contributed by atoms with E-state index in [0.717, 1.165) is 13.2 Å². The van der Waals surface area contributed by atoms with E-state index in [2.05, 4.69) is 0 Å². The first-order valence-corrected chi connectivity index (χ1v) is 2.08. The molecular formula is C4H12ClNO. The van der Waals surface area contributed by atoms with E-state index in [1.807, 2.05) is 0 Å². The van der Waals surface area contributed by atoms with Crippen LogP contribution in [0.1, 0.15) is 12.8 Å². The van der Waals surface area contributed by atoms with Crippen LogP contribution in [0.15, 0.2) is 0 Å². The van der Waals surface area contributed by atoms with E-state index in [1.165, 1.54) is 12.8 Å². The van der Waals surface area contributed by atoms with E-state index in [9.17, 15) is 0 Å². The van der Waals surface area contributed by atoms with Gasteiger partial charge in [0.05, 0.1) is 0 Å². The average Bonchev–Trinajstić information content (AvgIpc) is 1.76. The first-order valence-electron chi connectivity index (χ1n) is 2.08. The molecule has 1 aliphatic heterocycles. The molecule has 0 saturated carbocycles. The van der Waals surface area contributed by atoms with Crippen LogP contribution in [0.25, 0.3) is 0 Å². The zero-order valence-electron chi connectivity index (χ0n) is 4.35. The van der Waals surface area contributed by atoms with Gasteiger partial charge >= 0.3 is 0 Å². The fraction of sp³-hybridized carbons (Fsp3) is 1.00. The van der Waals surface area contributed by atoms with Gasteiger partial charge in [0.25, 0.3) is 0 Å². The van der Waals surface area contributed by atoms with Gasteiger partial charge in [0, 0.05) is 13.2 Å². The summed E-state index contributed by atoms with van der Waals surface area (Å²) in [6.45, 7) is 2.00. The molecular weight excluding hydrogens is 114 g/mol. The smallest absolute Gasteiger partial charge is 0.0466 e. The highest BCUT2D eigenvalue weighted by Crippen LogP contribution is 1.98. The van der Waals surface area contributed by atoms with Crippen LogP contribution in [0, 0.1) is 0 Å². The van der Waals surface area contributed by atoms with Crippen molar-refractivity contribution in [3.8, 4) is 0 Å². The van der Waals surface area contributed by atoms with E-state index >= 15 is 0 Å². The molecule has 0 aromatic carbocycles. The second kappa shape index (κ2) is 6.21.